The summed E-state index contributed by atoms with van der Waals surface area (Å²) in [5, 5.41) is 0. The Kier molecular flexibility index (Phi) is 5.37. The van der Waals surface area contributed by atoms with Crippen molar-refractivity contribution in [2.24, 2.45) is 11.7 Å². The van der Waals surface area contributed by atoms with Crippen molar-refractivity contribution in [3.63, 3.8) is 0 Å². The van der Waals surface area contributed by atoms with Crippen LogP contribution in [0.2, 0.25) is 0 Å². The Morgan fingerprint density at radius 1 is 1.26 bits per heavy atom. The fourth-order valence-electron chi connectivity index (χ4n) is 3.05. The zero-order valence-corrected chi connectivity index (χ0v) is 12.1. The number of likely N-dealkylation sites (tertiary alicyclic amines) is 1. The lowest BCUT2D eigenvalue weighted by Crippen LogP contribution is -2.47. The van der Waals surface area contributed by atoms with E-state index in [1.807, 2.05) is 0 Å². The van der Waals surface area contributed by atoms with Crippen LogP contribution in [-0.2, 0) is 17.9 Å². The first-order valence-electron chi connectivity index (χ1n) is 7.25. The summed E-state index contributed by atoms with van der Waals surface area (Å²) in [5.74, 6) is 0.714. The Balaban J connectivity index is 1.98. The third-order valence-electron chi connectivity index (χ3n) is 4.19. The van der Waals surface area contributed by atoms with Crippen LogP contribution in [0, 0.1) is 5.92 Å². The highest BCUT2D eigenvalue weighted by atomic mass is 16.5. The minimum Gasteiger partial charge on any atom is -0.380 e. The number of nitrogens with zero attached hydrogens (tertiary/aromatic N) is 1. The minimum absolute atomic E-state index is 0.535. The van der Waals surface area contributed by atoms with E-state index < -0.39 is 0 Å². The zero-order chi connectivity index (χ0) is 13.7. The van der Waals surface area contributed by atoms with Crippen LogP contribution in [0.3, 0.4) is 0 Å². The third kappa shape index (κ3) is 3.78. The fraction of sp³-hybridized carbons (Fsp3) is 0.625. The summed E-state index contributed by atoms with van der Waals surface area (Å²) in [5.41, 5.74) is 8.54. The summed E-state index contributed by atoms with van der Waals surface area (Å²) in [4.78, 5) is 2.54. The van der Waals surface area contributed by atoms with Gasteiger partial charge in [0.1, 0.15) is 0 Å². The van der Waals surface area contributed by atoms with Crippen molar-refractivity contribution in [1.82, 2.24) is 4.90 Å². The Labute approximate surface area is 116 Å². The molecule has 1 fully saturated rings. The molecule has 106 valence electrons. The van der Waals surface area contributed by atoms with Gasteiger partial charge in [0.15, 0.2) is 0 Å². The van der Waals surface area contributed by atoms with Crippen LogP contribution in [0.1, 0.15) is 30.9 Å². The SMILES string of the molecule is COCc1ccc(CN2CCCC(C)C2CN)cc1. The van der Waals surface area contributed by atoms with E-state index in [4.69, 9.17) is 10.5 Å². The van der Waals surface area contributed by atoms with Gasteiger partial charge in [-0.3, -0.25) is 4.90 Å². The molecule has 2 N–H and O–H groups in total. The lowest BCUT2D eigenvalue weighted by molar-refractivity contribution is 0.0990. The van der Waals surface area contributed by atoms with Gasteiger partial charge in [-0.15, -0.1) is 0 Å². The van der Waals surface area contributed by atoms with Crippen molar-refractivity contribution < 1.29 is 4.74 Å². The Morgan fingerprint density at radius 2 is 1.95 bits per heavy atom. The highest BCUT2D eigenvalue weighted by Crippen LogP contribution is 2.24. The van der Waals surface area contributed by atoms with Crippen LogP contribution in [0.5, 0.6) is 0 Å². The van der Waals surface area contributed by atoms with Gasteiger partial charge in [0.05, 0.1) is 6.61 Å². The minimum atomic E-state index is 0.535. The molecule has 1 heterocycles. The van der Waals surface area contributed by atoms with E-state index in [9.17, 15) is 0 Å². The molecule has 2 atom stereocenters. The van der Waals surface area contributed by atoms with Crippen molar-refractivity contribution in [3.8, 4) is 0 Å². The molecule has 0 bridgehead atoms. The summed E-state index contributed by atoms with van der Waals surface area (Å²) in [6.07, 6.45) is 2.60. The standard InChI is InChI=1S/C16H26N2O/c1-13-4-3-9-18(16(13)10-17)11-14-5-7-15(8-6-14)12-19-2/h5-8,13,16H,3-4,9-12,17H2,1-2H3. The first-order chi connectivity index (χ1) is 9.24. The molecule has 1 aromatic rings. The molecule has 1 aliphatic heterocycles. The second kappa shape index (κ2) is 7.04. The van der Waals surface area contributed by atoms with Gasteiger partial charge in [-0.25, -0.2) is 0 Å². The molecular formula is C16H26N2O. The Morgan fingerprint density at radius 3 is 2.58 bits per heavy atom. The number of ether oxygens (including phenoxy) is 1. The second-order valence-electron chi connectivity index (χ2n) is 5.64. The molecule has 0 saturated carbocycles. The van der Waals surface area contributed by atoms with Crippen molar-refractivity contribution in [1.29, 1.82) is 0 Å². The number of hydrogen-bond donors (Lipinski definition) is 1. The molecular weight excluding hydrogens is 236 g/mol. The van der Waals surface area contributed by atoms with Crippen molar-refractivity contribution in [2.45, 2.75) is 39.0 Å². The number of nitrogens with two attached hydrogens (primary N) is 1. The fourth-order valence-corrected chi connectivity index (χ4v) is 3.05. The molecule has 3 heteroatoms. The maximum absolute atomic E-state index is 5.94. The van der Waals surface area contributed by atoms with E-state index in [-0.39, 0.29) is 0 Å². The molecule has 0 radical (unpaired) electrons. The molecule has 0 amide bonds. The predicted molar refractivity (Wildman–Crippen MR) is 78.8 cm³/mol. The Bertz CT molecular complexity index is 377. The van der Waals surface area contributed by atoms with E-state index in [0.717, 1.165) is 13.1 Å². The molecule has 1 aliphatic rings. The normalized spacial score (nSPS) is 24.6. The van der Waals surface area contributed by atoms with Crippen LogP contribution in [0.25, 0.3) is 0 Å². The summed E-state index contributed by atoms with van der Waals surface area (Å²) < 4.78 is 5.14. The number of benzene rings is 1. The molecule has 3 nitrogen and oxygen atoms in total. The smallest absolute Gasteiger partial charge is 0.0713 e. The van der Waals surface area contributed by atoms with Crippen molar-refractivity contribution in [3.05, 3.63) is 35.4 Å². The average Bonchev–Trinajstić information content (AvgIpc) is 2.42. The zero-order valence-electron chi connectivity index (χ0n) is 12.1. The van der Waals surface area contributed by atoms with Gasteiger partial charge >= 0.3 is 0 Å². The molecule has 2 unspecified atom stereocenters. The van der Waals surface area contributed by atoms with E-state index >= 15 is 0 Å². The summed E-state index contributed by atoms with van der Waals surface area (Å²) >= 11 is 0. The molecule has 2 rings (SSSR count). The highest BCUT2D eigenvalue weighted by molar-refractivity contribution is 5.22. The van der Waals surface area contributed by atoms with E-state index in [2.05, 4.69) is 36.1 Å². The highest BCUT2D eigenvalue weighted by Gasteiger charge is 2.26. The molecule has 0 spiro atoms. The lowest BCUT2D eigenvalue weighted by Gasteiger charge is -2.39. The van der Waals surface area contributed by atoms with Crippen molar-refractivity contribution in [2.75, 3.05) is 20.2 Å². The monoisotopic (exact) mass is 262 g/mol. The second-order valence-corrected chi connectivity index (χ2v) is 5.64. The van der Waals surface area contributed by atoms with Crippen LogP contribution < -0.4 is 5.73 Å². The summed E-state index contributed by atoms with van der Waals surface area (Å²) in [6, 6.07) is 9.27. The number of methoxy groups -OCH3 is 1. The number of hydrogen-bond acceptors (Lipinski definition) is 3. The quantitative estimate of drug-likeness (QED) is 0.885. The largest absolute Gasteiger partial charge is 0.380 e. The van der Waals surface area contributed by atoms with Crippen molar-refractivity contribution >= 4 is 0 Å². The first-order valence-corrected chi connectivity index (χ1v) is 7.25. The first kappa shape index (κ1) is 14.5. The van der Waals surface area contributed by atoms with E-state index in [1.54, 1.807) is 7.11 Å². The molecule has 19 heavy (non-hydrogen) atoms. The predicted octanol–water partition coefficient (Wildman–Crippen LogP) is 2.39. The van der Waals surface area contributed by atoms with Gasteiger partial charge in [0, 0.05) is 26.2 Å². The lowest BCUT2D eigenvalue weighted by atomic mass is 9.90. The summed E-state index contributed by atoms with van der Waals surface area (Å²) in [6.45, 7) is 5.96. The maximum Gasteiger partial charge on any atom is 0.0713 e. The van der Waals surface area contributed by atoms with Gasteiger partial charge < -0.3 is 10.5 Å². The average molecular weight is 262 g/mol. The van der Waals surface area contributed by atoms with Crippen LogP contribution in [0.15, 0.2) is 24.3 Å². The molecule has 0 aromatic heterocycles. The molecule has 0 aliphatic carbocycles. The topological polar surface area (TPSA) is 38.5 Å². The van der Waals surface area contributed by atoms with E-state index in [0.29, 0.717) is 18.6 Å². The van der Waals surface area contributed by atoms with Gasteiger partial charge in [0.25, 0.3) is 0 Å². The number of piperidine rings is 1. The van der Waals surface area contributed by atoms with Gasteiger partial charge in [-0.1, -0.05) is 31.2 Å². The van der Waals surface area contributed by atoms with Crippen LogP contribution in [-0.4, -0.2) is 31.1 Å². The Hall–Kier alpha value is -0.900. The van der Waals surface area contributed by atoms with E-state index in [1.165, 1.54) is 30.5 Å². The molecule has 1 saturated heterocycles. The third-order valence-corrected chi connectivity index (χ3v) is 4.19. The van der Waals surface area contributed by atoms with Gasteiger partial charge in [-0.2, -0.15) is 0 Å². The summed E-state index contributed by atoms with van der Waals surface area (Å²) in [7, 11) is 1.73. The van der Waals surface area contributed by atoms with Crippen LogP contribution >= 0.6 is 0 Å². The maximum atomic E-state index is 5.94. The van der Waals surface area contributed by atoms with Crippen LogP contribution in [0.4, 0.5) is 0 Å². The van der Waals surface area contributed by atoms with Gasteiger partial charge in [-0.05, 0) is 36.4 Å². The molecule has 1 aromatic carbocycles. The number of rotatable bonds is 5. The van der Waals surface area contributed by atoms with Gasteiger partial charge in [0.2, 0.25) is 0 Å².